The fraction of sp³-hybridized carbons (Fsp3) is 0.375. The Hall–Kier alpha value is -2.10. The first kappa shape index (κ1) is 14.3. The van der Waals surface area contributed by atoms with Gasteiger partial charge in [-0.15, -0.1) is 0 Å². The molecule has 0 aliphatic heterocycles. The topological polar surface area (TPSA) is 66.4 Å². The van der Waals surface area contributed by atoms with Crippen molar-refractivity contribution >= 4 is 11.9 Å². The number of carbonyl (C=O) groups excluding carboxylic acids is 1. The Labute approximate surface area is 118 Å². The predicted molar refractivity (Wildman–Crippen MR) is 76.6 cm³/mol. The number of carbonyl (C=O) groups is 2. The molecule has 1 aliphatic carbocycles. The van der Waals surface area contributed by atoms with Gasteiger partial charge in [-0.25, -0.2) is 4.79 Å². The highest BCUT2D eigenvalue weighted by Crippen LogP contribution is 2.19. The van der Waals surface area contributed by atoms with Crippen LogP contribution in [0.4, 0.5) is 0 Å². The molecule has 0 saturated heterocycles. The van der Waals surface area contributed by atoms with Crippen LogP contribution in [0.1, 0.15) is 35.2 Å². The van der Waals surface area contributed by atoms with Gasteiger partial charge in [0.1, 0.15) is 0 Å². The van der Waals surface area contributed by atoms with Crippen LogP contribution < -0.4 is 5.32 Å². The van der Waals surface area contributed by atoms with Crippen LogP contribution in [0.3, 0.4) is 0 Å². The third-order valence-corrected chi connectivity index (χ3v) is 3.52. The van der Waals surface area contributed by atoms with Gasteiger partial charge in [0, 0.05) is 13.0 Å². The average Bonchev–Trinajstić information content (AvgIpc) is 2.92. The normalized spacial score (nSPS) is 17.1. The zero-order chi connectivity index (χ0) is 14.4. The van der Waals surface area contributed by atoms with E-state index in [0.717, 1.165) is 18.4 Å². The van der Waals surface area contributed by atoms with Crippen molar-refractivity contribution < 1.29 is 14.7 Å². The van der Waals surface area contributed by atoms with Crippen LogP contribution in [0, 0.1) is 5.92 Å². The molecule has 4 heteroatoms. The molecule has 20 heavy (non-hydrogen) atoms. The number of aromatic carboxylic acids is 1. The van der Waals surface area contributed by atoms with E-state index in [4.69, 9.17) is 5.11 Å². The zero-order valence-corrected chi connectivity index (χ0v) is 11.3. The maximum absolute atomic E-state index is 11.7. The van der Waals surface area contributed by atoms with E-state index in [1.54, 1.807) is 18.2 Å². The predicted octanol–water partition coefficient (Wildman–Crippen LogP) is 2.40. The summed E-state index contributed by atoms with van der Waals surface area (Å²) in [6.45, 7) is 0.472. The number of benzene rings is 1. The number of hydrogen-bond acceptors (Lipinski definition) is 2. The second kappa shape index (κ2) is 6.89. The van der Waals surface area contributed by atoms with Crippen molar-refractivity contribution in [3.63, 3.8) is 0 Å². The van der Waals surface area contributed by atoms with Crippen molar-refractivity contribution in [3.05, 3.63) is 47.5 Å². The molecule has 4 nitrogen and oxygen atoms in total. The van der Waals surface area contributed by atoms with Crippen LogP contribution in [0.2, 0.25) is 0 Å². The Bertz CT molecular complexity index is 522. The molecule has 1 aromatic rings. The third-order valence-electron chi connectivity index (χ3n) is 3.52. The van der Waals surface area contributed by atoms with Crippen molar-refractivity contribution in [3.8, 4) is 0 Å². The number of allylic oxidation sites excluding steroid dienone is 2. The van der Waals surface area contributed by atoms with Crippen LogP contribution in [0.25, 0.3) is 0 Å². The van der Waals surface area contributed by atoms with Gasteiger partial charge in [-0.2, -0.15) is 0 Å². The molecule has 0 fully saturated rings. The molecule has 1 amide bonds. The van der Waals surface area contributed by atoms with Crippen LogP contribution >= 0.6 is 0 Å². The van der Waals surface area contributed by atoms with Crippen LogP contribution in [-0.4, -0.2) is 23.5 Å². The molecule has 1 unspecified atom stereocenters. The molecule has 2 N–H and O–H groups in total. The molecule has 1 aromatic carbocycles. The van der Waals surface area contributed by atoms with Gasteiger partial charge < -0.3 is 10.4 Å². The second-order valence-corrected chi connectivity index (χ2v) is 5.03. The quantitative estimate of drug-likeness (QED) is 0.782. The van der Waals surface area contributed by atoms with Crippen LogP contribution in [0.15, 0.2) is 36.4 Å². The third kappa shape index (κ3) is 3.95. The van der Waals surface area contributed by atoms with E-state index >= 15 is 0 Å². The first-order chi connectivity index (χ1) is 9.66. The lowest BCUT2D eigenvalue weighted by atomic mass is 10.0. The molecule has 0 heterocycles. The van der Waals surface area contributed by atoms with Crippen molar-refractivity contribution in [1.29, 1.82) is 0 Å². The second-order valence-electron chi connectivity index (χ2n) is 5.03. The molecule has 106 valence electrons. The van der Waals surface area contributed by atoms with Crippen molar-refractivity contribution in [2.45, 2.75) is 25.7 Å². The van der Waals surface area contributed by atoms with Gasteiger partial charge in [0.25, 0.3) is 0 Å². The summed E-state index contributed by atoms with van der Waals surface area (Å²) >= 11 is 0. The molecular weight excluding hydrogens is 254 g/mol. The van der Waals surface area contributed by atoms with Gasteiger partial charge in [-0.3, -0.25) is 4.79 Å². The molecule has 0 aromatic heterocycles. The Morgan fingerprint density at radius 1 is 1.30 bits per heavy atom. The summed E-state index contributed by atoms with van der Waals surface area (Å²) in [4.78, 5) is 22.8. The van der Waals surface area contributed by atoms with E-state index in [1.165, 1.54) is 0 Å². The van der Waals surface area contributed by atoms with E-state index in [2.05, 4.69) is 17.5 Å². The number of amides is 1. The summed E-state index contributed by atoms with van der Waals surface area (Å²) in [6.07, 6.45) is 7.38. The SMILES string of the molecule is O=C(CC1C=CCC1)NCCc1ccccc1C(=O)O. The maximum Gasteiger partial charge on any atom is 0.335 e. The molecule has 0 saturated carbocycles. The summed E-state index contributed by atoms with van der Waals surface area (Å²) in [7, 11) is 0. The van der Waals surface area contributed by atoms with Gasteiger partial charge in [0.05, 0.1) is 5.56 Å². The van der Waals surface area contributed by atoms with Crippen LogP contribution in [-0.2, 0) is 11.2 Å². The number of nitrogens with one attached hydrogen (secondary N) is 1. The fourth-order valence-corrected chi connectivity index (χ4v) is 2.46. The summed E-state index contributed by atoms with van der Waals surface area (Å²) in [5, 5.41) is 11.9. The number of rotatable bonds is 6. The van der Waals surface area contributed by atoms with Crippen LogP contribution in [0.5, 0.6) is 0 Å². The molecule has 2 rings (SSSR count). The standard InChI is InChI=1S/C16H19NO3/c18-15(11-12-5-1-2-6-12)17-10-9-13-7-3-4-8-14(13)16(19)20/h1,3-5,7-8,12H,2,6,9-11H2,(H,17,18)(H,19,20). The average molecular weight is 273 g/mol. The van der Waals surface area contributed by atoms with E-state index < -0.39 is 5.97 Å². The summed E-state index contributed by atoms with van der Waals surface area (Å²) in [5.41, 5.74) is 1.06. The van der Waals surface area contributed by atoms with E-state index in [0.29, 0.717) is 30.9 Å². The lowest BCUT2D eigenvalue weighted by Crippen LogP contribution is -2.27. The Morgan fingerprint density at radius 3 is 2.80 bits per heavy atom. The van der Waals surface area contributed by atoms with Gasteiger partial charge in [-0.1, -0.05) is 30.4 Å². The molecule has 0 bridgehead atoms. The highest BCUT2D eigenvalue weighted by Gasteiger charge is 2.14. The minimum atomic E-state index is -0.928. The summed E-state index contributed by atoms with van der Waals surface area (Å²) < 4.78 is 0. The number of carboxylic acid groups (broad SMARTS) is 1. The van der Waals surface area contributed by atoms with Crippen molar-refractivity contribution in [2.24, 2.45) is 5.92 Å². The van der Waals surface area contributed by atoms with Gasteiger partial charge in [0.2, 0.25) is 5.91 Å². The fourth-order valence-electron chi connectivity index (χ4n) is 2.46. The maximum atomic E-state index is 11.7. The van der Waals surface area contributed by atoms with Crippen molar-refractivity contribution in [2.75, 3.05) is 6.54 Å². The Morgan fingerprint density at radius 2 is 2.10 bits per heavy atom. The highest BCUT2D eigenvalue weighted by atomic mass is 16.4. The van der Waals surface area contributed by atoms with E-state index in [1.807, 2.05) is 6.07 Å². The Balaban J connectivity index is 1.79. The minimum Gasteiger partial charge on any atom is -0.478 e. The highest BCUT2D eigenvalue weighted by molar-refractivity contribution is 5.89. The van der Waals surface area contributed by atoms with Gasteiger partial charge >= 0.3 is 5.97 Å². The van der Waals surface area contributed by atoms with Crippen molar-refractivity contribution in [1.82, 2.24) is 5.32 Å². The molecule has 1 aliphatic rings. The summed E-state index contributed by atoms with van der Waals surface area (Å²) in [6, 6.07) is 6.89. The molecule has 0 spiro atoms. The molecular formula is C16H19NO3. The zero-order valence-electron chi connectivity index (χ0n) is 11.3. The van der Waals surface area contributed by atoms with E-state index in [9.17, 15) is 9.59 Å². The first-order valence-electron chi connectivity index (χ1n) is 6.91. The number of carboxylic acids is 1. The lowest BCUT2D eigenvalue weighted by Gasteiger charge is -2.09. The number of hydrogen-bond donors (Lipinski definition) is 2. The monoisotopic (exact) mass is 273 g/mol. The largest absolute Gasteiger partial charge is 0.478 e. The molecule has 0 radical (unpaired) electrons. The van der Waals surface area contributed by atoms with Gasteiger partial charge in [0.15, 0.2) is 0 Å². The minimum absolute atomic E-state index is 0.0364. The molecule has 1 atom stereocenters. The summed E-state index contributed by atoms with van der Waals surface area (Å²) in [5.74, 6) is -0.529. The first-order valence-corrected chi connectivity index (χ1v) is 6.91. The smallest absolute Gasteiger partial charge is 0.335 e. The van der Waals surface area contributed by atoms with Gasteiger partial charge in [-0.05, 0) is 36.8 Å². The Kier molecular flexibility index (Phi) is 4.93. The lowest BCUT2D eigenvalue weighted by molar-refractivity contribution is -0.121. The van der Waals surface area contributed by atoms with E-state index in [-0.39, 0.29) is 5.91 Å².